The first-order valence-corrected chi connectivity index (χ1v) is 8.90. The van der Waals surface area contributed by atoms with E-state index in [1.165, 1.54) is 0 Å². The molecule has 0 spiro atoms. The molecule has 6 nitrogen and oxygen atoms in total. The van der Waals surface area contributed by atoms with Gasteiger partial charge in [-0.3, -0.25) is 9.59 Å². The lowest BCUT2D eigenvalue weighted by atomic mass is 10.1. The normalized spacial score (nSPS) is 16.2. The van der Waals surface area contributed by atoms with Gasteiger partial charge in [-0.2, -0.15) is 0 Å². The highest BCUT2D eigenvalue weighted by atomic mass is 16.2. The minimum atomic E-state index is -0.250. The highest BCUT2D eigenvalue weighted by Crippen LogP contribution is 2.24. The maximum absolute atomic E-state index is 12.7. The zero-order valence-corrected chi connectivity index (χ0v) is 14.3. The summed E-state index contributed by atoms with van der Waals surface area (Å²) < 4.78 is 1.92. The minimum absolute atomic E-state index is 0.167. The molecular formula is C19H22N4O2. The topological polar surface area (TPSA) is 76.0 Å². The highest BCUT2D eigenvalue weighted by Gasteiger charge is 2.30. The smallest absolute Gasteiger partial charge is 0.287 e. The van der Waals surface area contributed by atoms with Crippen molar-refractivity contribution in [2.45, 2.75) is 51.6 Å². The van der Waals surface area contributed by atoms with Crippen molar-refractivity contribution in [3.63, 3.8) is 0 Å². The number of aryl methyl sites for hydroxylation is 1. The van der Waals surface area contributed by atoms with E-state index in [0.29, 0.717) is 11.5 Å². The summed E-state index contributed by atoms with van der Waals surface area (Å²) >= 11 is 0. The van der Waals surface area contributed by atoms with Crippen molar-refractivity contribution in [1.82, 2.24) is 14.9 Å². The van der Waals surface area contributed by atoms with E-state index in [0.717, 1.165) is 55.6 Å². The van der Waals surface area contributed by atoms with E-state index in [1.54, 1.807) is 0 Å². The molecule has 130 valence electrons. The molecule has 0 atom stereocenters. The van der Waals surface area contributed by atoms with Crippen LogP contribution >= 0.6 is 0 Å². The predicted molar refractivity (Wildman–Crippen MR) is 94.8 cm³/mol. The quantitative estimate of drug-likeness (QED) is 0.900. The van der Waals surface area contributed by atoms with Gasteiger partial charge in [-0.05, 0) is 51.2 Å². The summed E-state index contributed by atoms with van der Waals surface area (Å²) in [6.07, 6.45) is 4.85. The van der Waals surface area contributed by atoms with Crippen LogP contribution in [0.2, 0.25) is 0 Å². The summed E-state index contributed by atoms with van der Waals surface area (Å²) in [6.45, 7) is 2.75. The Kier molecular flexibility index (Phi) is 4.03. The Labute approximate surface area is 146 Å². The van der Waals surface area contributed by atoms with Gasteiger partial charge in [-0.25, -0.2) is 4.98 Å². The number of nitrogens with one attached hydrogen (secondary N) is 2. The summed E-state index contributed by atoms with van der Waals surface area (Å²) in [7, 11) is 0. The standard InChI is InChI=1S/C19H22N4O2/c1-12-5-7-13(8-6-12)20-18(24)16-15-4-2-3-11-23(15)17(22-16)19(25)21-14-9-10-14/h5-8,14H,2-4,9-11H2,1H3,(H,20,24)(H,21,25). The van der Waals surface area contributed by atoms with Crippen LogP contribution in [-0.4, -0.2) is 27.4 Å². The number of imidazole rings is 1. The first-order chi connectivity index (χ1) is 12.1. The third kappa shape index (κ3) is 3.29. The summed E-state index contributed by atoms with van der Waals surface area (Å²) in [4.78, 5) is 29.6. The average molecular weight is 338 g/mol. The molecule has 0 radical (unpaired) electrons. The third-order valence-electron chi connectivity index (χ3n) is 4.76. The Morgan fingerprint density at radius 1 is 1.12 bits per heavy atom. The second-order valence-electron chi connectivity index (χ2n) is 6.91. The van der Waals surface area contributed by atoms with Gasteiger partial charge in [0.15, 0.2) is 11.5 Å². The molecule has 2 N–H and O–H groups in total. The fourth-order valence-corrected chi connectivity index (χ4v) is 3.20. The van der Waals surface area contributed by atoms with Gasteiger partial charge in [0.1, 0.15) is 0 Å². The molecule has 4 rings (SSSR count). The molecule has 6 heteroatoms. The molecule has 1 fully saturated rings. The Morgan fingerprint density at radius 2 is 1.88 bits per heavy atom. The van der Waals surface area contributed by atoms with Gasteiger partial charge in [-0.15, -0.1) is 0 Å². The maximum Gasteiger partial charge on any atom is 0.287 e. The molecular weight excluding hydrogens is 316 g/mol. The van der Waals surface area contributed by atoms with Gasteiger partial charge >= 0.3 is 0 Å². The van der Waals surface area contributed by atoms with Crippen LogP contribution in [0.5, 0.6) is 0 Å². The summed E-state index contributed by atoms with van der Waals surface area (Å²) in [5.74, 6) is -0.0457. The largest absolute Gasteiger partial charge is 0.347 e. The molecule has 1 aliphatic carbocycles. The predicted octanol–water partition coefficient (Wildman–Crippen LogP) is 2.67. The van der Waals surface area contributed by atoms with Gasteiger partial charge < -0.3 is 15.2 Å². The molecule has 1 aliphatic heterocycles. The molecule has 1 saturated carbocycles. The Hall–Kier alpha value is -2.63. The van der Waals surface area contributed by atoms with E-state index >= 15 is 0 Å². The van der Waals surface area contributed by atoms with Gasteiger partial charge in [0.05, 0.1) is 5.69 Å². The SMILES string of the molecule is Cc1ccc(NC(=O)c2nc(C(=O)NC3CC3)n3c2CCCC3)cc1. The molecule has 0 saturated heterocycles. The number of hydrogen-bond acceptors (Lipinski definition) is 3. The van der Waals surface area contributed by atoms with Crippen molar-refractivity contribution in [2.75, 3.05) is 5.32 Å². The highest BCUT2D eigenvalue weighted by molar-refractivity contribution is 6.05. The molecule has 1 aromatic carbocycles. The number of rotatable bonds is 4. The van der Waals surface area contributed by atoms with Crippen LogP contribution < -0.4 is 10.6 Å². The van der Waals surface area contributed by atoms with Crippen LogP contribution in [0.15, 0.2) is 24.3 Å². The van der Waals surface area contributed by atoms with Crippen molar-refractivity contribution in [1.29, 1.82) is 0 Å². The van der Waals surface area contributed by atoms with Crippen LogP contribution in [0, 0.1) is 6.92 Å². The number of carbonyl (C=O) groups is 2. The van der Waals surface area contributed by atoms with Crippen LogP contribution in [0.4, 0.5) is 5.69 Å². The lowest BCUT2D eigenvalue weighted by molar-refractivity contribution is 0.0935. The molecule has 2 aliphatic rings. The third-order valence-corrected chi connectivity index (χ3v) is 4.76. The van der Waals surface area contributed by atoms with Crippen LogP contribution in [0.3, 0.4) is 0 Å². The summed E-state index contributed by atoms with van der Waals surface area (Å²) in [6, 6.07) is 7.92. The Morgan fingerprint density at radius 3 is 2.60 bits per heavy atom. The Bertz CT molecular complexity index is 819. The number of nitrogens with zero attached hydrogens (tertiary/aromatic N) is 2. The number of anilines is 1. The van der Waals surface area contributed by atoms with E-state index in [-0.39, 0.29) is 17.9 Å². The molecule has 0 bridgehead atoms. The van der Waals surface area contributed by atoms with Crippen LogP contribution in [-0.2, 0) is 13.0 Å². The van der Waals surface area contributed by atoms with Crippen LogP contribution in [0.25, 0.3) is 0 Å². The van der Waals surface area contributed by atoms with Crippen molar-refractivity contribution in [3.05, 3.63) is 47.0 Å². The Balaban J connectivity index is 1.61. The molecule has 0 unspecified atom stereocenters. The second kappa shape index (κ2) is 6.35. The second-order valence-corrected chi connectivity index (χ2v) is 6.91. The lowest BCUT2D eigenvalue weighted by Gasteiger charge is -2.17. The molecule has 2 amide bonds. The number of carbonyl (C=O) groups excluding carboxylic acids is 2. The van der Waals surface area contributed by atoms with E-state index in [1.807, 2.05) is 35.8 Å². The minimum Gasteiger partial charge on any atom is -0.347 e. The summed E-state index contributed by atoms with van der Waals surface area (Å²) in [5.41, 5.74) is 3.12. The summed E-state index contributed by atoms with van der Waals surface area (Å²) in [5, 5.41) is 5.87. The van der Waals surface area contributed by atoms with Gasteiger partial charge in [-0.1, -0.05) is 17.7 Å². The number of amides is 2. The van der Waals surface area contributed by atoms with E-state index in [2.05, 4.69) is 15.6 Å². The number of benzene rings is 1. The van der Waals surface area contributed by atoms with E-state index < -0.39 is 0 Å². The van der Waals surface area contributed by atoms with Gasteiger partial charge in [0.25, 0.3) is 11.8 Å². The van der Waals surface area contributed by atoms with Crippen LogP contribution in [0.1, 0.15) is 58.0 Å². The first-order valence-electron chi connectivity index (χ1n) is 8.90. The molecule has 2 heterocycles. The zero-order valence-electron chi connectivity index (χ0n) is 14.3. The van der Waals surface area contributed by atoms with Crippen molar-refractivity contribution in [2.24, 2.45) is 0 Å². The zero-order chi connectivity index (χ0) is 17.4. The van der Waals surface area contributed by atoms with Gasteiger partial charge in [0, 0.05) is 18.3 Å². The maximum atomic E-state index is 12.7. The lowest BCUT2D eigenvalue weighted by Crippen LogP contribution is -2.29. The van der Waals surface area contributed by atoms with Crippen molar-refractivity contribution < 1.29 is 9.59 Å². The number of fused-ring (bicyclic) bond motifs is 1. The van der Waals surface area contributed by atoms with E-state index in [4.69, 9.17) is 0 Å². The fourth-order valence-electron chi connectivity index (χ4n) is 3.20. The molecule has 25 heavy (non-hydrogen) atoms. The van der Waals surface area contributed by atoms with Crippen molar-refractivity contribution >= 4 is 17.5 Å². The monoisotopic (exact) mass is 338 g/mol. The average Bonchev–Trinajstić information content (AvgIpc) is 3.33. The van der Waals surface area contributed by atoms with E-state index in [9.17, 15) is 9.59 Å². The van der Waals surface area contributed by atoms with Crippen molar-refractivity contribution in [3.8, 4) is 0 Å². The molecule has 1 aromatic heterocycles. The molecule has 2 aromatic rings. The number of aromatic nitrogens is 2. The first kappa shape index (κ1) is 15.9. The van der Waals surface area contributed by atoms with Gasteiger partial charge in [0.2, 0.25) is 0 Å². The fraction of sp³-hybridized carbons (Fsp3) is 0.421. The number of hydrogen-bond donors (Lipinski definition) is 2.